The standard InChI is InChI=1S/C9H5N3O/c10-4-8(5-11)9(13)7-2-1-3-12-6-7/h1-3,6,8H. The zero-order valence-corrected chi connectivity index (χ0v) is 6.64. The van der Waals surface area contributed by atoms with Crippen molar-refractivity contribution < 1.29 is 4.79 Å². The highest BCUT2D eigenvalue weighted by Gasteiger charge is 2.18. The molecule has 0 fully saturated rings. The molecule has 0 atom stereocenters. The third-order valence-corrected chi connectivity index (χ3v) is 1.47. The fourth-order valence-electron chi connectivity index (χ4n) is 0.821. The number of ketones is 1. The van der Waals surface area contributed by atoms with Gasteiger partial charge in [0.25, 0.3) is 0 Å². The van der Waals surface area contributed by atoms with E-state index in [1.54, 1.807) is 18.2 Å². The molecule has 1 heterocycles. The lowest BCUT2D eigenvalue weighted by Crippen LogP contribution is -2.10. The number of carbonyl (C=O) groups excluding carboxylic acids is 1. The molecule has 1 aromatic rings. The molecule has 1 rings (SSSR count). The van der Waals surface area contributed by atoms with E-state index in [-0.39, 0.29) is 5.56 Å². The number of nitriles is 2. The third-order valence-electron chi connectivity index (χ3n) is 1.47. The maximum atomic E-state index is 11.3. The number of hydrogen-bond donors (Lipinski definition) is 0. The van der Waals surface area contributed by atoms with Crippen molar-refractivity contribution in [3.05, 3.63) is 30.1 Å². The van der Waals surface area contributed by atoms with Crippen LogP contribution in [0.15, 0.2) is 24.5 Å². The second-order valence-corrected chi connectivity index (χ2v) is 2.30. The third kappa shape index (κ3) is 1.88. The van der Waals surface area contributed by atoms with Gasteiger partial charge in [0.2, 0.25) is 0 Å². The molecule has 0 spiro atoms. The van der Waals surface area contributed by atoms with Crippen LogP contribution in [0.4, 0.5) is 0 Å². The first-order valence-corrected chi connectivity index (χ1v) is 3.53. The second kappa shape index (κ2) is 3.99. The highest BCUT2D eigenvalue weighted by atomic mass is 16.1. The fourth-order valence-corrected chi connectivity index (χ4v) is 0.821. The van der Waals surface area contributed by atoms with Crippen LogP contribution in [0.5, 0.6) is 0 Å². The smallest absolute Gasteiger partial charge is 0.195 e. The van der Waals surface area contributed by atoms with Crippen LogP contribution in [0.3, 0.4) is 0 Å². The molecular formula is C9H5N3O. The molecule has 0 aromatic carbocycles. The van der Waals surface area contributed by atoms with E-state index < -0.39 is 11.7 Å². The molecule has 1 aromatic heterocycles. The van der Waals surface area contributed by atoms with Gasteiger partial charge in [0.1, 0.15) is 0 Å². The van der Waals surface area contributed by atoms with Crippen molar-refractivity contribution in [1.29, 1.82) is 10.5 Å². The quantitative estimate of drug-likeness (QED) is 0.620. The maximum absolute atomic E-state index is 11.3. The van der Waals surface area contributed by atoms with Crippen molar-refractivity contribution in [3.8, 4) is 12.1 Å². The summed E-state index contributed by atoms with van der Waals surface area (Å²) < 4.78 is 0. The van der Waals surface area contributed by atoms with E-state index in [9.17, 15) is 4.79 Å². The Kier molecular flexibility index (Phi) is 2.73. The zero-order chi connectivity index (χ0) is 9.68. The number of aromatic nitrogens is 1. The van der Waals surface area contributed by atoms with Crippen molar-refractivity contribution >= 4 is 5.78 Å². The highest BCUT2D eigenvalue weighted by Crippen LogP contribution is 2.05. The van der Waals surface area contributed by atoms with Crippen LogP contribution in [0, 0.1) is 28.6 Å². The monoisotopic (exact) mass is 171 g/mol. The molecule has 0 aliphatic rings. The van der Waals surface area contributed by atoms with Gasteiger partial charge in [-0.15, -0.1) is 0 Å². The molecule has 0 amide bonds. The first-order valence-electron chi connectivity index (χ1n) is 3.53. The summed E-state index contributed by atoms with van der Waals surface area (Å²) in [6.07, 6.45) is 2.86. The van der Waals surface area contributed by atoms with Gasteiger partial charge in [-0.05, 0) is 12.1 Å². The number of nitrogens with zero attached hydrogens (tertiary/aromatic N) is 3. The number of rotatable bonds is 2. The van der Waals surface area contributed by atoms with Gasteiger partial charge >= 0.3 is 0 Å². The molecule has 0 saturated heterocycles. The summed E-state index contributed by atoms with van der Waals surface area (Å²) in [4.78, 5) is 15.0. The summed E-state index contributed by atoms with van der Waals surface area (Å²) in [5.41, 5.74) is 0.288. The van der Waals surface area contributed by atoms with Crippen LogP contribution in [-0.4, -0.2) is 10.8 Å². The Balaban J connectivity index is 2.95. The average molecular weight is 171 g/mol. The molecule has 0 aliphatic heterocycles. The molecule has 4 heteroatoms. The summed E-state index contributed by atoms with van der Waals surface area (Å²) in [7, 11) is 0. The second-order valence-electron chi connectivity index (χ2n) is 2.30. The van der Waals surface area contributed by atoms with Crippen LogP contribution in [0.2, 0.25) is 0 Å². The summed E-state index contributed by atoms with van der Waals surface area (Å²) in [6.45, 7) is 0. The van der Waals surface area contributed by atoms with Crippen LogP contribution in [-0.2, 0) is 0 Å². The molecule has 0 unspecified atom stereocenters. The van der Waals surface area contributed by atoms with E-state index in [1.165, 1.54) is 18.5 Å². The topological polar surface area (TPSA) is 77.5 Å². The molecule has 0 saturated carbocycles. The van der Waals surface area contributed by atoms with E-state index in [4.69, 9.17) is 10.5 Å². The number of pyridine rings is 1. The summed E-state index contributed by atoms with van der Waals surface area (Å²) in [5, 5.41) is 16.9. The Bertz CT molecular complexity index is 372. The first-order chi connectivity index (χ1) is 6.29. The van der Waals surface area contributed by atoms with Gasteiger partial charge < -0.3 is 0 Å². The molecule has 0 aliphatic carbocycles. The van der Waals surface area contributed by atoms with E-state index in [0.29, 0.717) is 0 Å². The Labute approximate surface area is 75.1 Å². The predicted molar refractivity (Wildman–Crippen MR) is 43.3 cm³/mol. The minimum Gasteiger partial charge on any atom is -0.291 e. The average Bonchev–Trinajstić information content (AvgIpc) is 2.21. The normalized spacial score (nSPS) is 8.85. The molecule has 62 valence electrons. The van der Waals surface area contributed by atoms with E-state index >= 15 is 0 Å². The minimum atomic E-state index is -1.23. The molecule has 4 nitrogen and oxygen atoms in total. The van der Waals surface area contributed by atoms with Crippen LogP contribution in [0.1, 0.15) is 10.4 Å². The summed E-state index contributed by atoms with van der Waals surface area (Å²) in [6, 6.07) is 6.33. The zero-order valence-electron chi connectivity index (χ0n) is 6.64. The van der Waals surface area contributed by atoms with Crippen LogP contribution < -0.4 is 0 Å². The Morgan fingerprint density at radius 2 is 2.15 bits per heavy atom. The summed E-state index contributed by atoms with van der Waals surface area (Å²) >= 11 is 0. The van der Waals surface area contributed by atoms with Crippen LogP contribution >= 0.6 is 0 Å². The largest absolute Gasteiger partial charge is 0.291 e. The molecule has 0 radical (unpaired) electrons. The lowest BCUT2D eigenvalue weighted by molar-refractivity contribution is 0.0970. The predicted octanol–water partition coefficient (Wildman–Crippen LogP) is 0.928. The van der Waals surface area contributed by atoms with E-state index in [0.717, 1.165) is 0 Å². The van der Waals surface area contributed by atoms with E-state index in [2.05, 4.69) is 4.98 Å². The molecule has 13 heavy (non-hydrogen) atoms. The van der Waals surface area contributed by atoms with Crippen molar-refractivity contribution in [2.45, 2.75) is 0 Å². The number of Topliss-reactive ketones (excluding diaryl/α,β-unsaturated/α-hetero) is 1. The Hall–Kier alpha value is -2.20. The Morgan fingerprint density at radius 1 is 1.46 bits per heavy atom. The number of hydrogen-bond acceptors (Lipinski definition) is 4. The molecule has 0 bridgehead atoms. The van der Waals surface area contributed by atoms with Gasteiger partial charge in [0, 0.05) is 18.0 Å². The van der Waals surface area contributed by atoms with Crippen molar-refractivity contribution in [2.75, 3.05) is 0 Å². The highest BCUT2D eigenvalue weighted by molar-refractivity contribution is 6.00. The minimum absolute atomic E-state index is 0.288. The SMILES string of the molecule is N#CC(C#N)C(=O)c1cccnc1. The van der Waals surface area contributed by atoms with Gasteiger partial charge in [0.05, 0.1) is 12.1 Å². The lowest BCUT2D eigenvalue weighted by atomic mass is 10.0. The van der Waals surface area contributed by atoms with Crippen LogP contribution in [0.25, 0.3) is 0 Å². The first kappa shape index (κ1) is 8.89. The van der Waals surface area contributed by atoms with Crippen molar-refractivity contribution in [1.82, 2.24) is 4.98 Å². The molecule has 0 N–H and O–H groups in total. The van der Waals surface area contributed by atoms with Crippen molar-refractivity contribution in [2.24, 2.45) is 5.92 Å². The van der Waals surface area contributed by atoms with Gasteiger partial charge in [-0.2, -0.15) is 10.5 Å². The molecular weight excluding hydrogens is 166 g/mol. The van der Waals surface area contributed by atoms with Gasteiger partial charge in [-0.25, -0.2) is 0 Å². The Morgan fingerprint density at radius 3 is 2.62 bits per heavy atom. The van der Waals surface area contributed by atoms with Crippen molar-refractivity contribution in [3.63, 3.8) is 0 Å². The maximum Gasteiger partial charge on any atom is 0.195 e. The van der Waals surface area contributed by atoms with E-state index in [1.807, 2.05) is 0 Å². The fraction of sp³-hybridized carbons (Fsp3) is 0.111. The summed E-state index contributed by atoms with van der Waals surface area (Å²) in [5.74, 6) is -1.73. The van der Waals surface area contributed by atoms with Gasteiger partial charge in [-0.1, -0.05) is 0 Å². The van der Waals surface area contributed by atoms with Gasteiger partial charge in [-0.3, -0.25) is 9.78 Å². The van der Waals surface area contributed by atoms with Gasteiger partial charge in [0.15, 0.2) is 11.7 Å². The number of carbonyl (C=O) groups is 1. The lowest BCUT2D eigenvalue weighted by Gasteiger charge is -1.97.